The van der Waals surface area contributed by atoms with Crippen LogP contribution in [0.4, 0.5) is 13.2 Å². The number of hydrogen-bond donors (Lipinski definition) is 1. The van der Waals surface area contributed by atoms with E-state index in [0.29, 0.717) is 26.5 Å². The second kappa shape index (κ2) is 5.59. The van der Waals surface area contributed by atoms with E-state index in [1.165, 1.54) is 18.3 Å². The van der Waals surface area contributed by atoms with Gasteiger partial charge in [-0.1, -0.05) is 17.7 Å². The van der Waals surface area contributed by atoms with Crippen molar-refractivity contribution in [3.05, 3.63) is 57.2 Å². The molecule has 0 aliphatic carbocycles. The Bertz CT molecular complexity index is 954. The monoisotopic (exact) mass is 398 g/mol. The first-order chi connectivity index (χ1) is 10.8. The molecular formula is C16H7BrClF3N2. The summed E-state index contributed by atoms with van der Waals surface area (Å²) < 4.78 is 40.3. The number of aromatic amines is 1. The van der Waals surface area contributed by atoms with E-state index in [1.807, 2.05) is 6.07 Å². The van der Waals surface area contributed by atoms with Gasteiger partial charge in [-0.25, -0.2) is 0 Å². The largest absolute Gasteiger partial charge is 0.417 e. The van der Waals surface area contributed by atoms with E-state index in [1.54, 1.807) is 12.1 Å². The van der Waals surface area contributed by atoms with Gasteiger partial charge in [-0.15, -0.1) is 0 Å². The summed E-state index contributed by atoms with van der Waals surface area (Å²) in [5, 5.41) is 9.82. The standard InChI is InChI=1S/C16H7BrClF3N2/c17-14-8(6-22)1-3-10-12(7-23-15(10)14)11-5-9(18)2-4-13(11)16(19,20)21/h1-5,7,23H. The topological polar surface area (TPSA) is 39.6 Å². The van der Waals surface area contributed by atoms with Crippen LogP contribution in [0, 0.1) is 11.3 Å². The Labute approximate surface area is 142 Å². The van der Waals surface area contributed by atoms with Crippen molar-refractivity contribution < 1.29 is 13.2 Å². The Kier molecular flexibility index (Phi) is 3.86. The maximum absolute atomic E-state index is 13.3. The zero-order valence-electron chi connectivity index (χ0n) is 11.3. The second-order valence-electron chi connectivity index (χ2n) is 4.85. The quantitative estimate of drug-likeness (QED) is 0.524. The smallest absolute Gasteiger partial charge is 0.360 e. The van der Waals surface area contributed by atoms with E-state index in [2.05, 4.69) is 20.9 Å². The van der Waals surface area contributed by atoms with Crippen molar-refractivity contribution in [3.63, 3.8) is 0 Å². The van der Waals surface area contributed by atoms with Crippen LogP contribution in [-0.4, -0.2) is 4.98 Å². The molecule has 116 valence electrons. The molecule has 3 rings (SSSR count). The number of H-pyrrole nitrogens is 1. The van der Waals surface area contributed by atoms with Crippen LogP contribution >= 0.6 is 27.5 Å². The third-order valence-electron chi connectivity index (χ3n) is 3.49. The van der Waals surface area contributed by atoms with Crippen LogP contribution in [0.15, 0.2) is 41.0 Å². The summed E-state index contributed by atoms with van der Waals surface area (Å²) in [6.45, 7) is 0. The second-order valence-corrected chi connectivity index (χ2v) is 6.08. The SMILES string of the molecule is N#Cc1ccc2c(-c3cc(Cl)ccc3C(F)(F)F)c[nH]c2c1Br. The molecule has 3 aromatic rings. The van der Waals surface area contributed by atoms with E-state index >= 15 is 0 Å². The minimum Gasteiger partial charge on any atom is -0.360 e. The molecule has 2 nitrogen and oxygen atoms in total. The zero-order valence-corrected chi connectivity index (χ0v) is 13.6. The molecular weight excluding hydrogens is 393 g/mol. The molecule has 1 N–H and O–H groups in total. The Morgan fingerprint density at radius 3 is 2.52 bits per heavy atom. The van der Waals surface area contributed by atoms with Gasteiger partial charge in [0.15, 0.2) is 0 Å². The molecule has 0 fully saturated rings. The molecule has 0 unspecified atom stereocenters. The third kappa shape index (κ3) is 2.71. The summed E-state index contributed by atoms with van der Waals surface area (Å²) in [6, 6.07) is 8.66. The molecule has 0 radical (unpaired) electrons. The van der Waals surface area contributed by atoms with Gasteiger partial charge < -0.3 is 4.98 Å². The van der Waals surface area contributed by atoms with Gasteiger partial charge in [-0.05, 0) is 45.8 Å². The summed E-state index contributed by atoms with van der Waals surface area (Å²) in [6.07, 6.45) is -3.01. The third-order valence-corrected chi connectivity index (χ3v) is 4.55. The maximum atomic E-state index is 13.3. The fourth-order valence-corrected chi connectivity index (χ4v) is 3.18. The molecule has 0 aliphatic heterocycles. The maximum Gasteiger partial charge on any atom is 0.417 e. The highest BCUT2D eigenvalue weighted by Crippen LogP contribution is 2.42. The van der Waals surface area contributed by atoms with Crippen molar-refractivity contribution in [1.82, 2.24) is 4.98 Å². The lowest BCUT2D eigenvalue weighted by atomic mass is 9.98. The van der Waals surface area contributed by atoms with Crippen LogP contribution in [-0.2, 0) is 6.18 Å². The van der Waals surface area contributed by atoms with Gasteiger partial charge in [0.25, 0.3) is 0 Å². The van der Waals surface area contributed by atoms with Gasteiger partial charge in [0.2, 0.25) is 0 Å². The van der Waals surface area contributed by atoms with Gasteiger partial charge >= 0.3 is 6.18 Å². The van der Waals surface area contributed by atoms with Gasteiger partial charge in [-0.3, -0.25) is 0 Å². The zero-order chi connectivity index (χ0) is 16.8. The Morgan fingerprint density at radius 2 is 1.87 bits per heavy atom. The molecule has 0 amide bonds. The molecule has 0 bridgehead atoms. The number of alkyl halides is 3. The Balaban J connectivity index is 2.33. The fraction of sp³-hybridized carbons (Fsp3) is 0.0625. The number of fused-ring (bicyclic) bond motifs is 1. The summed E-state index contributed by atoms with van der Waals surface area (Å²) in [7, 11) is 0. The van der Waals surface area contributed by atoms with E-state index < -0.39 is 11.7 Å². The highest BCUT2D eigenvalue weighted by molar-refractivity contribution is 9.10. The van der Waals surface area contributed by atoms with Crippen molar-refractivity contribution in [1.29, 1.82) is 5.26 Å². The number of hydrogen-bond acceptors (Lipinski definition) is 1. The van der Waals surface area contributed by atoms with Gasteiger partial charge in [0, 0.05) is 22.2 Å². The van der Waals surface area contributed by atoms with E-state index in [9.17, 15) is 13.2 Å². The van der Waals surface area contributed by atoms with Crippen molar-refractivity contribution >= 4 is 38.4 Å². The predicted molar refractivity (Wildman–Crippen MR) is 86.2 cm³/mol. The number of nitriles is 1. The minimum atomic E-state index is -4.49. The summed E-state index contributed by atoms with van der Waals surface area (Å²) in [5.41, 5.74) is 0.566. The lowest BCUT2D eigenvalue weighted by Gasteiger charge is -2.13. The molecule has 7 heteroatoms. The van der Waals surface area contributed by atoms with Crippen LogP contribution < -0.4 is 0 Å². The summed E-state index contributed by atoms with van der Waals surface area (Å²) >= 11 is 9.18. The highest BCUT2D eigenvalue weighted by Gasteiger charge is 2.34. The molecule has 23 heavy (non-hydrogen) atoms. The lowest BCUT2D eigenvalue weighted by molar-refractivity contribution is -0.137. The molecule has 0 atom stereocenters. The highest BCUT2D eigenvalue weighted by atomic mass is 79.9. The first-order valence-corrected chi connectivity index (χ1v) is 7.57. The summed E-state index contributed by atoms with van der Waals surface area (Å²) in [4.78, 5) is 2.92. The van der Waals surface area contributed by atoms with Crippen LogP contribution in [0.5, 0.6) is 0 Å². The molecule has 0 saturated heterocycles. The van der Waals surface area contributed by atoms with Crippen LogP contribution in [0.1, 0.15) is 11.1 Å². The number of aromatic nitrogens is 1. The number of rotatable bonds is 1. The molecule has 0 aliphatic rings. The van der Waals surface area contributed by atoms with Crippen LogP contribution in [0.3, 0.4) is 0 Å². The van der Waals surface area contributed by atoms with E-state index in [0.717, 1.165) is 6.07 Å². The average molecular weight is 400 g/mol. The van der Waals surface area contributed by atoms with Gasteiger partial charge in [0.1, 0.15) is 6.07 Å². The van der Waals surface area contributed by atoms with Gasteiger partial charge in [0.05, 0.1) is 21.1 Å². The first-order valence-electron chi connectivity index (χ1n) is 6.39. The van der Waals surface area contributed by atoms with E-state index in [4.69, 9.17) is 16.9 Å². The fourth-order valence-electron chi connectivity index (χ4n) is 2.46. The number of benzene rings is 2. The lowest BCUT2D eigenvalue weighted by Crippen LogP contribution is -2.06. The van der Waals surface area contributed by atoms with Crippen molar-refractivity contribution in [2.45, 2.75) is 6.18 Å². The molecule has 2 aromatic carbocycles. The molecule has 0 spiro atoms. The van der Waals surface area contributed by atoms with E-state index in [-0.39, 0.29) is 10.6 Å². The Hall–Kier alpha value is -1.97. The van der Waals surface area contributed by atoms with Crippen molar-refractivity contribution in [2.24, 2.45) is 0 Å². The minimum absolute atomic E-state index is 0.00661. The average Bonchev–Trinajstić information content (AvgIpc) is 2.91. The number of halogens is 5. The molecule has 0 saturated carbocycles. The van der Waals surface area contributed by atoms with Crippen LogP contribution in [0.2, 0.25) is 5.02 Å². The summed E-state index contributed by atoms with van der Waals surface area (Å²) in [5.74, 6) is 0. The predicted octanol–water partition coefficient (Wildman–Crippen LogP) is 6.14. The normalized spacial score (nSPS) is 11.7. The molecule has 1 aromatic heterocycles. The number of nitrogens with one attached hydrogen (secondary N) is 1. The van der Waals surface area contributed by atoms with Crippen molar-refractivity contribution in [2.75, 3.05) is 0 Å². The first kappa shape index (κ1) is 15.9. The van der Waals surface area contributed by atoms with Gasteiger partial charge in [-0.2, -0.15) is 18.4 Å². The Morgan fingerprint density at radius 1 is 1.13 bits per heavy atom. The van der Waals surface area contributed by atoms with Crippen LogP contribution in [0.25, 0.3) is 22.0 Å². The number of nitrogens with zero attached hydrogens (tertiary/aromatic N) is 1. The van der Waals surface area contributed by atoms with Crippen molar-refractivity contribution in [3.8, 4) is 17.2 Å². The molecule has 1 heterocycles.